The number of alkyl halides is 3. The van der Waals surface area contributed by atoms with E-state index in [9.17, 15) is 18.0 Å². The zero-order valence-corrected chi connectivity index (χ0v) is 9.19. The number of carbonyl (C=O) groups excluding carboxylic acids is 1. The van der Waals surface area contributed by atoms with Crippen molar-refractivity contribution >= 4 is 5.91 Å². The van der Waals surface area contributed by atoms with Crippen LogP contribution < -0.4 is 10.6 Å². The van der Waals surface area contributed by atoms with E-state index in [2.05, 4.69) is 15.4 Å². The average Bonchev–Trinajstić information content (AvgIpc) is 2.15. The summed E-state index contributed by atoms with van der Waals surface area (Å²) in [7, 11) is 0. The molecular weight excluding hydrogens is 225 g/mol. The van der Waals surface area contributed by atoms with Gasteiger partial charge in [0.25, 0.3) is 0 Å². The lowest BCUT2D eigenvalue weighted by Crippen LogP contribution is -2.31. The van der Waals surface area contributed by atoms with Crippen LogP contribution in [0.5, 0.6) is 0 Å². The van der Waals surface area contributed by atoms with E-state index >= 15 is 0 Å². The lowest BCUT2D eigenvalue weighted by molar-refractivity contribution is -0.175. The molecular formula is C9H17F3N2O2. The summed E-state index contributed by atoms with van der Waals surface area (Å²) in [6.45, 7) is 2.06. The first-order valence-electron chi connectivity index (χ1n) is 5.07. The largest absolute Gasteiger partial charge is 0.411 e. The fraction of sp³-hybridized carbons (Fsp3) is 0.889. The summed E-state index contributed by atoms with van der Waals surface area (Å²) in [4.78, 5) is 10.9. The summed E-state index contributed by atoms with van der Waals surface area (Å²) in [5, 5.41) is 5.51. The number of ether oxygens (including phenoxy) is 1. The molecule has 0 aromatic heterocycles. The minimum absolute atomic E-state index is 0.432. The van der Waals surface area contributed by atoms with Gasteiger partial charge in [-0.15, -0.1) is 0 Å². The molecule has 0 spiro atoms. The first kappa shape index (κ1) is 15.2. The second kappa shape index (κ2) is 8.35. The molecule has 96 valence electrons. The Morgan fingerprint density at radius 3 is 2.56 bits per heavy atom. The van der Waals surface area contributed by atoms with Gasteiger partial charge in [0.05, 0.1) is 0 Å². The van der Waals surface area contributed by atoms with Gasteiger partial charge in [0, 0.05) is 6.54 Å². The van der Waals surface area contributed by atoms with Crippen molar-refractivity contribution in [3.8, 4) is 0 Å². The van der Waals surface area contributed by atoms with E-state index in [0.29, 0.717) is 6.54 Å². The molecule has 0 bridgehead atoms. The van der Waals surface area contributed by atoms with Gasteiger partial charge >= 0.3 is 6.18 Å². The van der Waals surface area contributed by atoms with E-state index in [1.54, 1.807) is 0 Å². The quantitative estimate of drug-likeness (QED) is 0.615. The number of nitrogens with one attached hydrogen (secondary N) is 2. The third-order valence-electron chi connectivity index (χ3n) is 1.60. The van der Waals surface area contributed by atoms with Gasteiger partial charge in [-0.2, -0.15) is 13.2 Å². The van der Waals surface area contributed by atoms with E-state index in [4.69, 9.17) is 0 Å². The van der Waals surface area contributed by atoms with Gasteiger partial charge in [-0.05, 0) is 19.5 Å². The summed E-state index contributed by atoms with van der Waals surface area (Å²) >= 11 is 0. The van der Waals surface area contributed by atoms with Crippen molar-refractivity contribution in [3.63, 3.8) is 0 Å². The topological polar surface area (TPSA) is 50.4 Å². The van der Waals surface area contributed by atoms with Crippen LogP contribution in [-0.2, 0) is 9.53 Å². The van der Waals surface area contributed by atoms with Crippen molar-refractivity contribution < 1.29 is 22.7 Å². The van der Waals surface area contributed by atoms with Gasteiger partial charge in [-0.3, -0.25) is 4.79 Å². The van der Waals surface area contributed by atoms with E-state index in [1.807, 2.05) is 6.92 Å². The first-order chi connectivity index (χ1) is 7.45. The fourth-order valence-electron chi connectivity index (χ4n) is 0.928. The molecule has 0 rings (SSSR count). The fourth-order valence-corrected chi connectivity index (χ4v) is 0.928. The standard InChI is InChI=1S/C9H17F3N2O2/c1-2-13-4-3-5-14-8(15)6-16-7-9(10,11)12/h13H,2-7H2,1H3,(H,14,15). The molecule has 0 radical (unpaired) electrons. The second-order valence-electron chi connectivity index (χ2n) is 3.17. The molecule has 16 heavy (non-hydrogen) atoms. The maximum Gasteiger partial charge on any atom is 0.411 e. The van der Waals surface area contributed by atoms with E-state index in [1.165, 1.54) is 0 Å². The van der Waals surface area contributed by atoms with Gasteiger partial charge in [-0.25, -0.2) is 0 Å². The van der Waals surface area contributed by atoms with Crippen LogP contribution in [-0.4, -0.2) is 44.9 Å². The molecule has 0 aliphatic heterocycles. The molecule has 0 aliphatic carbocycles. The third kappa shape index (κ3) is 11.3. The monoisotopic (exact) mass is 242 g/mol. The summed E-state index contributed by atoms with van der Waals surface area (Å²) < 4.78 is 39.1. The maximum absolute atomic E-state index is 11.6. The molecule has 0 saturated carbocycles. The lowest BCUT2D eigenvalue weighted by Gasteiger charge is -2.08. The Morgan fingerprint density at radius 1 is 1.31 bits per heavy atom. The van der Waals surface area contributed by atoms with Gasteiger partial charge < -0.3 is 15.4 Å². The maximum atomic E-state index is 11.6. The van der Waals surface area contributed by atoms with Crippen LogP contribution in [0.2, 0.25) is 0 Å². The summed E-state index contributed by atoms with van der Waals surface area (Å²) in [5.74, 6) is -0.527. The first-order valence-corrected chi connectivity index (χ1v) is 5.07. The van der Waals surface area contributed by atoms with Gasteiger partial charge in [0.2, 0.25) is 5.91 Å². The van der Waals surface area contributed by atoms with Gasteiger partial charge in [0.1, 0.15) is 13.2 Å². The second-order valence-corrected chi connectivity index (χ2v) is 3.17. The van der Waals surface area contributed by atoms with Crippen molar-refractivity contribution in [3.05, 3.63) is 0 Å². The summed E-state index contributed by atoms with van der Waals surface area (Å²) in [5.41, 5.74) is 0. The van der Waals surface area contributed by atoms with Crippen molar-refractivity contribution in [1.29, 1.82) is 0 Å². The highest BCUT2D eigenvalue weighted by atomic mass is 19.4. The average molecular weight is 242 g/mol. The molecule has 4 nitrogen and oxygen atoms in total. The molecule has 0 heterocycles. The molecule has 0 fully saturated rings. The molecule has 0 saturated heterocycles. The number of hydrogen-bond donors (Lipinski definition) is 2. The number of amides is 1. The minimum atomic E-state index is -4.38. The molecule has 0 atom stereocenters. The van der Waals surface area contributed by atoms with Crippen LogP contribution in [0.4, 0.5) is 13.2 Å². The van der Waals surface area contributed by atoms with Crippen LogP contribution in [0.25, 0.3) is 0 Å². The molecule has 0 unspecified atom stereocenters. The van der Waals surface area contributed by atoms with Crippen molar-refractivity contribution in [1.82, 2.24) is 10.6 Å². The molecule has 0 aromatic carbocycles. The van der Waals surface area contributed by atoms with Crippen LogP contribution >= 0.6 is 0 Å². The highest BCUT2D eigenvalue weighted by Crippen LogP contribution is 2.13. The molecule has 0 aromatic rings. The Hall–Kier alpha value is -0.820. The summed E-state index contributed by atoms with van der Waals surface area (Å²) in [6.07, 6.45) is -3.65. The van der Waals surface area contributed by atoms with E-state index in [0.717, 1.165) is 19.5 Å². The molecule has 7 heteroatoms. The summed E-state index contributed by atoms with van der Waals surface area (Å²) in [6, 6.07) is 0. The Bertz CT molecular complexity index is 198. The highest BCUT2D eigenvalue weighted by Gasteiger charge is 2.27. The van der Waals surface area contributed by atoms with Crippen LogP contribution in [0, 0.1) is 0 Å². The van der Waals surface area contributed by atoms with E-state index in [-0.39, 0.29) is 0 Å². The van der Waals surface area contributed by atoms with Crippen molar-refractivity contribution in [2.45, 2.75) is 19.5 Å². The van der Waals surface area contributed by atoms with Gasteiger partial charge in [0.15, 0.2) is 0 Å². The van der Waals surface area contributed by atoms with E-state index < -0.39 is 25.3 Å². The number of hydrogen-bond acceptors (Lipinski definition) is 3. The normalized spacial score (nSPS) is 11.5. The highest BCUT2D eigenvalue weighted by molar-refractivity contribution is 5.77. The Labute approximate surface area is 92.5 Å². The molecule has 2 N–H and O–H groups in total. The number of halogens is 3. The number of rotatable bonds is 8. The SMILES string of the molecule is CCNCCCNC(=O)COCC(F)(F)F. The number of carbonyl (C=O) groups is 1. The predicted molar refractivity (Wildman–Crippen MR) is 53.0 cm³/mol. The van der Waals surface area contributed by atoms with Crippen LogP contribution in [0.15, 0.2) is 0 Å². The van der Waals surface area contributed by atoms with Crippen molar-refractivity contribution in [2.24, 2.45) is 0 Å². The Kier molecular flexibility index (Phi) is 7.92. The third-order valence-corrected chi connectivity index (χ3v) is 1.60. The smallest absolute Gasteiger partial charge is 0.362 e. The zero-order valence-electron chi connectivity index (χ0n) is 9.19. The Balaban J connectivity index is 3.32. The zero-order chi connectivity index (χ0) is 12.4. The van der Waals surface area contributed by atoms with Crippen LogP contribution in [0.3, 0.4) is 0 Å². The predicted octanol–water partition coefficient (Wildman–Crippen LogP) is 0.681. The van der Waals surface area contributed by atoms with Gasteiger partial charge in [-0.1, -0.05) is 6.92 Å². The lowest BCUT2D eigenvalue weighted by atomic mass is 10.4. The molecule has 0 aliphatic rings. The minimum Gasteiger partial charge on any atom is -0.362 e. The Morgan fingerprint density at radius 2 is 2.00 bits per heavy atom. The van der Waals surface area contributed by atoms with Crippen LogP contribution in [0.1, 0.15) is 13.3 Å². The molecule has 1 amide bonds. The van der Waals surface area contributed by atoms with Crippen molar-refractivity contribution in [2.75, 3.05) is 32.8 Å².